The van der Waals surface area contributed by atoms with E-state index in [9.17, 15) is 14.7 Å². The SMILES string of the molecule is C=CCc1cc(C2C3=C(CCCC3=O)OC3=C2C(=O)CCC3)cc(OC)c1O. The Hall–Kier alpha value is -2.82. The van der Waals surface area contributed by atoms with Crippen LogP contribution in [0, 0.1) is 0 Å². The molecule has 1 aromatic rings. The highest BCUT2D eigenvalue weighted by Gasteiger charge is 2.42. The van der Waals surface area contributed by atoms with E-state index in [0.29, 0.717) is 66.1 Å². The predicted octanol–water partition coefficient (Wildman–Crippen LogP) is 4.26. The van der Waals surface area contributed by atoms with Crippen LogP contribution in [0.5, 0.6) is 11.5 Å². The topological polar surface area (TPSA) is 72.8 Å². The zero-order valence-corrected chi connectivity index (χ0v) is 16.0. The first kappa shape index (κ1) is 18.5. The van der Waals surface area contributed by atoms with Crippen LogP contribution in [-0.2, 0) is 20.7 Å². The molecular formula is C23H24O5. The molecule has 5 heteroatoms. The lowest BCUT2D eigenvalue weighted by molar-refractivity contribution is -0.117. The molecule has 1 aromatic carbocycles. The first-order valence-electron chi connectivity index (χ1n) is 9.76. The summed E-state index contributed by atoms with van der Waals surface area (Å²) >= 11 is 0. The van der Waals surface area contributed by atoms with Crippen molar-refractivity contribution in [2.75, 3.05) is 7.11 Å². The molecule has 0 saturated heterocycles. The number of hydrogen-bond donors (Lipinski definition) is 1. The number of ether oxygens (including phenoxy) is 2. The van der Waals surface area contributed by atoms with E-state index in [1.54, 1.807) is 12.1 Å². The van der Waals surface area contributed by atoms with Crippen LogP contribution in [0.25, 0.3) is 0 Å². The molecule has 4 rings (SSSR count). The second kappa shape index (κ2) is 7.30. The predicted molar refractivity (Wildman–Crippen MR) is 104 cm³/mol. The highest BCUT2D eigenvalue weighted by atomic mass is 16.5. The number of ketones is 2. The van der Waals surface area contributed by atoms with Crippen LogP contribution < -0.4 is 4.74 Å². The summed E-state index contributed by atoms with van der Waals surface area (Å²) in [5.41, 5.74) is 2.63. The maximum absolute atomic E-state index is 12.9. The molecule has 0 unspecified atom stereocenters. The van der Waals surface area contributed by atoms with Gasteiger partial charge in [0.05, 0.1) is 7.11 Å². The van der Waals surface area contributed by atoms with E-state index >= 15 is 0 Å². The number of benzene rings is 1. The Balaban J connectivity index is 1.94. The van der Waals surface area contributed by atoms with E-state index < -0.39 is 5.92 Å². The van der Waals surface area contributed by atoms with Crippen molar-refractivity contribution in [2.24, 2.45) is 0 Å². The number of allylic oxidation sites excluding steroid dienone is 5. The maximum atomic E-state index is 12.9. The van der Waals surface area contributed by atoms with Crippen LogP contribution in [0.2, 0.25) is 0 Å². The van der Waals surface area contributed by atoms with Gasteiger partial charge in [0, 0.05) is 48.3 Å². The van der Waals surface area contributed by atoms with Crippen molar-refractivity contribution in [3.05, 3.63) is 58.6 Å². The van der Waals surface area contributed by atoms with Crippen LogP contribution in [0.15, 0.2) is 47.5 Å². The van der Waals surface area contributed by atoms with Gasteiger partial charge in [-0.05, 0) is 30.9 Å². The minimum Gasteiger partial charge on any atom is -0.504 e. The minimum atomic E-state index is -0.461. The number of hydrogen-bond acceptors (Lipinski definition) is 5. The molecule has 0 amide bonds. The zero-order valence-electron chi connectivity index (χ0n) is 16.0. The van der Waals surface area contributed by atoms with E-state index in [2.05, 4.69) is 6.58 Å². The Kier molecular flexibility index (Phi) is 4.84. The summed E-state index contributed by atoms with van der Waals surface area (Å²) in [6.45, 7) is 3.75. The standard InChI is InChI=1S/C23H24O5/c1-3-6-13-11-14(12-19(27-2)23(13)26)20-21-15(24)7-4-9-17(21)28-18-10-5-8-16(25)22(18)20/h3,11-12,20,26H,1,4-10H2,2H3. The third-order valence-electron chi connectivity index (χ3n) is 5.73. The van der Waals surface area contributed by atoms with E-state index in [0.717, 1.165) is 18.4 Å². The van der Waals surface area contributed by atoms with Crippen molar-refractivity contribution < 1.29 is 24.2 Å². The highest BCUT2D eigenvalue weighted by Crippen LogP contribution is 2.49. The van der Waals surface area contributed by atoms with Gasteiger partial charge in [0.25, 0.3) is 0 Å². The molecule has 1 aliphatic heterocycles. The fourth-order valence-corrected chi connectivity index (χ4v) is 4.47. The smallest absolute Gasteiger partial charge is 0.163 e. The zero-order chi connectivity index (χ0) is 19.8. The van der Waals surface area contributed by atoms with Crippen LogP contribution in [0.1, 0.15) is 55.6 Å². The molecule has 3 aliphatic rings. The van der Waals surface area contributed by atoms with Gasteiger partial charge in [0.2, 0.25) is 0 Å². The molecule has 1 heterocycles. The van der Waals surface area contributed by atoms with Crippen molar-refractivity contribution in [3.8, 4) is 11.5 Å². The minimum absolute atomic E-state index is 0.0356. The Morgan fingerprint density at radius 3 is 2.25 bits per heavy atom. The molecule has 0 spiro atoms. The summed E-state index contributed by atoms with van der Waals surface area (Å²) < 4.78 is 11.4. The van der Waals surface area contributed by atoms with Crippen molar-refractivity contribution in [1.82, 2.24) is 0 Å². The lowest BCUT2D eigenvalue weighted by Gasteiger charge is -2.36. The van der Waals surface area contributed by atoms with Gasteiger partial charge in [0.15, 0.2) is 23.1 Å². The van der Waals surface area contributed by atoms with Gasteiger partial charge >= 0.3 is 0 Å². The molecule has 0 radical (unpaired) electrons. The Labute approximate surface area is 164 Å². The van der Waals surface area contributed by atoms with Crippen LogP contribution in [0.4, 0.5) is 0 Å². The summed E-state index contributed by atoms with van der Waals surface area (Å²) in [6.07, 6.45) is 6.03. The van der Waals surface area contributed by atoms with Crippen LogP contribution in [-0.4, -0.2) is 23.8 Å². The summed E-state index contributed by atoms with van der Waals surface area (Å²) in [5, 5.41) is 10.5. The van der Waals surface area contributed by atoms with Crippen LogP contribution in [0.3, 0.4) is 0 Å². The number of rotatable bonds is 4. The Morgan fingerprint density at radius 2 is 1.71 bits per heavy atom. The maximum Gasteiger partial charge on any atom is 0.163 e. The van der Waals surface area contributed by atoms with E-state index in [1.807, 2.05) is 6.07 Å². The van der Waals surface area contributed by atoms with Crippen molar-refractivity contribution >= 4 is 11.6 Å². The summed E-state index contributed by atoms with van der Waals surface area (Å²) in [6, 6.07) is 3.59. The fraction of sp³-hybridized carbons (Fsp3) is 0.391. The van der Waals surface area contributed by atoms with E-state index in [4.69, 9.17) is 9.47 Å². The molecule has 28 heavy (non-hydrogen) atoms. The number of phenolic OH excluding ortho intramolecular Hbond substituents is 1. The van der Waals surface area contributed by atoms with Crippen molar-refractivity contribution in [3.63, 3.8) is 0 Å². The quantitative estimate of drug-likeness (QED) is 0.790. The van der Waals surface area contributed by atoms with Gasteiger partial charge in [-0.3, -0.25) is 9.59 Å². The van der Waals surface area contributed by atoms with Gasteiger partial charge in [-0.2, -0.15) is 0 Å². The molecule has 5 nitrogen and oxygen atoms in total. The average Bonchev–Trinajstić information content (AvgIpc) is 2.69. The molecule has 0 atom stereocenters. The number of aromatic hydroxyl groups is 1. The van der Waals surface area contributed by atoms with Gasteiger partial charge in [0.1, 0.15) is 11.5 Å². The lowest BCUT2D eigenvalue weighted by Crippen LogP contribution is -2.30. The average molecular weight is 380 g/mol. The summed E-state index contributed by atoms with van der Waals surface area (Å²) in [4.78, 5) is 25.7. The monoisotopic (exact) mass is 380 g/mol. The molecule has 0 saturated carbocycles. The Morgan fingerprint density at radius 1 is 1.11 bits per heavy atom. The lowest BCUT2D eigenvalue weighted by atomic mass is 9.73. The number of carbonyl (C=O) groups is 2. The number of phenols is 1. The second-order valence-electron chi connectivity index (χ2n) is 7.49. The van der Waals surface area contributed by atoms with Crippen molar-refractivity contribution in [2.45, 2.75) is 50.9 Å². The molecule has 1 N–H and O–H groups in total. The van der Waals surface area contributed by atoms with E-state index in [1.165, 1.54) is 7.11 Å². The normalized spacial score (nSPS) is 19.9. The van der Waals surface area contributed by atoms with Gasteiger partial charge in [-0.25, -0.2) is 0 Å². The third-order valence-corrected chi connectivity index (χ3v) is 5.73. The number of methoxy groups -OCH3 is 1. The summed E-state index contributed by atoms with van der Waals surface area (Å²) in [5.74, 6) is 1.40. The fourth-order valence-electron chi connectivity index (χ4n) is 4.47. The van der Waals surface area contributed by atoms with E-state index in [-0.39, 0.29) is 17.3 Å². The van der Waals surface area contributed by atoms with Crippen LogP contribution >= 0.6 is 0 Å². The first-order valence-corrected chi connectivity index (χ1v) is 9.76. The number of Topliss-reactive ketones (excluding diaryl/α,β-unsaturated/α-hetero) is 2. The molecular weight excluding hydrogens is 356 g/mol. The summed E-state index contributed by atoms with van der Waals surface area (Å²) in [7, 11) is 1.49. The number of carbonyl (C=O) groups excluding carboxylic acids is 2. The molecule has 0 aromatic heterocycles. The largest absolute Gasteiger partial charge is 0.504 e. The molecule has 146 valence electrons. The Bertz CT molecular complexity index is 893. The van der Waals surface area contributed by atoms with Gasteiger partial charge < -0.3 is 14.6 Å². The third kappa shape index (κ3) is 2.95. The van der Waals surface area contributed by atoms with Crippen molar-refractivity contribution in [1.29, 1.82) is 0 Å². The van der Waals surface area contributed by atoms with Gasteiger partial charge in [-0.1, -0.05) is 12.1 Å². The van der Waals surface area contributed by atoms with Gasteiger partial charge in [-0.15, -0.1) is 6.58 Å². The molecule has 0 fully saturated rings. The second-order valence-corrected chi connectivity index (χ2v) is 7.49. The molecule has 2 aliphatic carbocycles. The first-order chi connectivity index (χ1) is 13.5. The molecule has 0 bridgehead atoms. The highest BCUT2D eigenvalue weighted by molar-refractivity contribution is 6.05.